The molecule has 1 unspecified atom stereocenters. The van der Waals surface area contributed by atoms with Gasteiger partial charge in [0.05, 0.1) is 23.0 Å². The molecule has 2 aromatic rings. The van der Waals surface area contributed by atoms with E-state index in [0.717, 1.165) is 56.0 Å². The van der Waals surface area contributed by atoms with E-state index in [-0.39, 0.29) is 11.0 Å². The summed E-state index contributed by atoms with van der Waals surface area (Å²) in [5, 5.41) is 24.1. The van der Waals surface area contributed by atoms with Crippen molar-refractivity contribution < 1.29 is 15.0 Å². The first-order chi connectivity index (χ1) is 17.0. The number of carboxylic acids is 1. The van der Waals surface area contributed by atoms with Crippen LogP contribution in [0.2, 0.25) is 0 Å². The predicted molar refractivity (Wildman–Crippen MR) is 150 cm³/mol. The van der Waals surface area contributed by atoms with Crippen LogP contribution in [0.1, 0.15) is 74.2 Å². The first-order valence-electron chi connectivity index (χ1n) is 13.0. The number of carboxylic acid groups (broad SMARTS) is 1. The normalized spacial score (nSPS) is 16.1. The lowest BCUT2D eigenvalue weighted by Crippen LogP contribution is -2.45. The number of aliphatic hydroxyl groups excluding tert-OH is 1. The zero-order valence-electron chi connectivity index (χ0n) is 22.7. The second-order valence-corrected chi connectivity index (χ2v) is 11.3. The van der Waals surface area contributed by atoms with Crippen molar-refractivity contribution in [3.8, 4) is 0 Å². The van der Waals surface area contributed by atoms with E-state index in [1.54, 1.807) is 30.3 Å². The van der Waals surface area contributed by atoms with E-state index < -0.39 is 12.1 Å². The molecule has 0 saturated carbocycles. The van der Waals surface area contributed by atoms with E-state index in [0.29, 0.717) is 5.92 Å². The van der Waals surface area contributed by atoms with Gasteiger partial charge in [-0.1, -0.05) is 65.0 Å². The Bertz CT molecular complexity index is 1050. The van der Waals surface area contributed by atoms with Gasteiger partial charge in [-0.3, -0.25) is 0 Å². The molecule has 1 fully saturated rings. The van der Waals surface area contributed by atoms with Gasteiger partial charge in [-0.05, 0) is 59.7 Å². The van der Waals surface area contributed by atoms with Crippen molar-refractivity contribution in [3.05, 3.63) is 64.7 Å². The van der Waals surface area contributed by atoms with Gasteiger partial charge < -0.3 is 25.3 Å². The maximum Gasteiger partial charge on any atom is 0.335 e. The Labute approximate surface area is 216 Å². The summed E-state index contributed by atoms with van der Waals surface area (Å²) in [4.78, 5) is 15.9. The molecular weight excluding hydrogens is 450 g/mol. The van der Waals surface area contributed by atoms with Gasteiger partial charge in [0.25, 0.3) is 0 Å². The molecule has 0 amide bonds. The van der Waals surface area contributed by atoms with E-state index in [2.05, 4.69) is 68.9 Å². The standard InChI is InChI=1S/C30H43N3O3/c1-21(2)13-14-31-28-25(30(3,4)5)19-24(20-26(28)33-17-15-32(6)16-18-33)27(34)12-9-22-7-10-23(11-8-22)29(35)36/h7-12,19-21,27,31,34H,13-18H2,1-6H3,(H,35,36). The van der Waals surface area contributed by atoms with Crippen LogP contribution in [0.3, 0.4) is 0 Å². The van der Waals surface area contributed by atoms with Gasteiger partial charge in [0, 0.05) is 32.7 Å². The van der Waals surface area contributed by atoms with Crippen molar-refractivity contribution in [2.45, 2.75) is 52.6 Å². The van der Waals surface area contributed by atoms with Crippen LogP contribution in [0, 0.1) is 5.92 Å². The van der Waals surface area contributed by atoms with Crippen LogP contribution in [0.25, 0.3) is 6.08 Å². The number of hydrogen-bond donors (Lipinski definition) is 3. The SMILES string of the molecule is CC(C)CCNc1c(N2CCN(C)CC2)cc(C(O)C=Cc2ccc(C(=O)O)cc2)cc1C(C)(C)C. The molecule has 0 spiro atoms. The van der Waals surface area contributed by atoms with Gasteiger partial charge in [-0.2, -0.15) is 0 Å². The molecule has 6 heteroatoms. The van der Waals surface area contributed by atoms with Crippen LogP contribution >= 0.6 is 0 Å². The number of likely N-dealkylation sites (N-methyl/N-ethyl adjacent to an activating group) is 1. The fourth-order valence-corrected chi connectivity index (χ4v) is 4.43. The Morgan fingerprint density at radius 2 is 1.72 bits per heavy atom. The summed E-state index contributed by atoms with van der Waals surface area (Å²) in [6.07, 6.45) is 3.94. The van der Waals surface area contributed by atoms with Crippen molar-refractivity contribution in [2.75, 3.05) is 50.0 Å². The minimum absolute atomic E-state index is 0.104. The summed E-state index contributed by atoms with van der Waals surface area (Å²) < 4.78 is 0. The molecule has 1 heterocycles. The van der Waals surface area contributed by atoms with Crippen molar-refractivity contribution in [1.82, 2.24) is 4.90 Å². The largest absolute Gasteiger partial charge is 0.478 e. The molecule has 0 aromatic heterocycles. The Morgan fingerprint density at radius 1 is 1.08 bits per heavy atom. The third-order valence-corrected chi connectivity index (χ3v) is 6.79. The average molecular weight is 494 g/mol. The zero-order chi connectivity index (χ0) is 26.5. The number of aromatic carboxylic acids is 1. The van der Waals surface area contributed by atoms with E-state index in [1.165, 1.54) is 11.3 Å². The molecule has 3 rings (SSSR count). The number of piperazine rings is 1. The third kappa shape index (κ3) is 7.34. The number of nitrogens with zero attached hydrogens (tertiary/aromatic N) is 2. The zero-order valence-corrected chi connectivity index (χ0v) is 22.7. The molecule has 0 aliphatic carbocycles. The summed E-state index contributed by atoms with van der Waals surface area (Å²) in [5.41, 5.74) is 5.40. The Kier molecular flexibility index (Phi) is 9.20. The molecule has 3 N–H and O–H groups in total. The fourth-order valence-electron chi connectivity index (χ4n) is 4.43. The molecular formula is C30H43N3O3. The number of benzene rings is 2. The van der Waals surface area contributed by atoms with Crippen molar-refractivity contribution in [3.63, 3.8) is 0 Å². The minimum Gasteiger partial charge on any atom is -0.478 e. The predicted octanol–water partition coefficient (Wildman–Crippen LogP) is 5.64. The van der Waals surface area contributed by atoms with E-state index in [4.69, 9.17) is 5.11 Å². The Hall–Kier alpha value is -2.83. The summed E-state index contributed by atoms with van der Waals surface area (Å²) in [5.74, 6) is -0.322. The number of nitrogens with one attached hydrogen (secondary N) is 1. The maximum atomic E-state index is 11.2. The van der Waals surface area contributed by atoms with Crippen molar-refractivity contribution in [1.29, 1.82) is 0 Å². The molecule has 36 heavy (non-hydrogen) atoms. The smallest absolute Gasteiger partial charge is 0.335 e. The molecule has 1 atom stereocenters. The van der Waals surface area contributed by atoms with Crippen LogP contribution < -0.4 is 10.2 Å². The summed E-state index contributed by atoms with van der Waals surface area (Å²) >= 11 is 0. The monoisotopic (exact) mass is 493 g/mol. The molecule has 1 aliphatic heterocycles. The second kappa shape index (κ2) is 11.9. The van der Waals surface area contributed by atoms with Gasteiger partial charge in [0.15, 0.2) is 0 Å². The van der Waals surface area contributed by atoms with Gasteiger partial charge in [0.1, 0.15) is 0 Å². The van der Waals surface area contributed by atoms with Crippen LogP contribution in [0.15, 0.2) is 42.5 Å². The molecule has 196 valence electrons. The number of aliphatic hydroxyl groups is 1. The number of hydrogen-bond acceptors (Lipinski definition) is 5. The van der Waals surface area contributed by atoms with Gasteiger partial charge >= 0.3 is 5.97 Å². The number of carbonyl (C=O) groups is 1. The van der Waals surface area contributed by atoms with Crippen LogP contribution in [0.4, 0.5) is 11.4 Å². The lowest BCUT2D eigenvalue weighted by molar-refractivity contribution is 0.0697. The highest BCUT2D eigenvalue weighted by molar-refractivity contribution is 5.87. The lowest BCUT2D eigenvalue weighted by Gasteiger charge is -2.37. The van der Waals surface area contributed by atoms with E-state index in [9.17, 15) is 9.90 Å². The molecule has 6 nitrogen and oxygen atoms in total. The second-order valence-electron chi connectivity index (χ2n) is 11.3. The van der Waals surface area contributed by atoms with Gasteiger partial charge in [0.2, 0.25) is 0 Å². The molecule has 0 bridgehead atoms. The molecule has 1 aliphatic rings. The van der Waals surface area contributed by atoms with Crippen LogP contribution in [-0.2, 0) is 5.41 Å². The highest BCUT2D eigenvalue weighted by atomic mass is 16.4. The lowest BCUT2D eigenvalue weighted by atomic mass is 9.83. The van der Waals surface area contributed by atoms with Crippen LogP contribution in [0.5, 0.6) is 0 Å². The number of anilines is 2. The van der Waals surface area contributed by atoms with Gasteiger partial charge in [-0.15, -0.1) is 0 Å². The number of rotatable bonds is 9. The Morgan fingerprint density at radius 3 is 2.28 bits per heavy atom. The summed E-state index contributed by atoms with van der Waals surface area (Å²) in [6.45, 7) is 16.0. The molecule has 1 saturated heterocycles. The van der Waals surface area contributed by atoms with Crippen molar-refractivity contribution in [2.24, 2.45) is 5.92 Å². The topological polar surface area (TPSA) is 76.0 Å². The highest BCUT2D eigenvalue weighted by Gasteiger charge is 2.26. The molecule has 2 aromatic carbocycles. The fraction of sp³-hybridized carbons (Fsp3) is 0.500. The summed E-state index contributed by atoms with van der Waals surface area (Å²) in [6, 6.07) is 10.9. The quantitative estimate of drug-likeness (QED) is 0.420. The van der Waals surface area contributed by atoms with Crippen molar-refractivity contribution >= 4 is 23.4 Å². The van der Waals surface area contributed by atoms with E-state index >= 15 is 0 Å². The van der Waals surface area contributed by atoms with Crippen LogP contribution in [-0.4, -0.2) is 60.9 Å². The summed E-state index contributed by atoms with van der Waals surface area (Å²) in [7, 11) is 2.16. The minimum atomic E-state index is -0.946. The van der Waals surface area contributed by atoms with E-state index in [1.807, 2.05) is 6.08 Å². The third-order valence-electron chi connectivity index (χ3n) is 6.79. The highest BCUT2D eigenvalue weighted by Crippen LogP contribution is 2.40. The Balaban J connectivity index is 1.98. The maximum absolute atomic E-state index is 11.2. The molecule has 0 radical (unpaired) electrons. The van der Waals surface area contributed by atoms with Gasteiger partial charge in [-0.25, -0.2) is 4.79 Å². The first kappa shape index (κ1) is 27.8. The first-order valence-corrected chi connectivity index (χ1v) is 13.0. The average Bonchev–Trinajstić information content (AvgIpc) is 2.82.